The van der Waals surface area contributed by atoms with E-state index < -0.39 is 21.5 Å². The number of para-hydroxylation sites is 1. The summed E-state index contributed by atoms with van der Waals surface area (Å²) in [7, 11) is -4.02. The van der Waals surface area contributed by atoms with E-state index in [2.05, 4.69) is 0 Å². The van der Waals surface area contributed by atoms with Crippen molar-refractivity contribution in [3.8, 4) is 0 Å². The molecule has 15 heavy (non-hydrogen) atoms. The van der Waals surface area contributed by atoms with Crippen molar-refractivity contribution in [2.24, 2.45) is 0 Å². The van der Waals surface area contributed by atoms with Crippen molar-refractivity contribution in [3.63, 3.8) is 0 Å². The summed E-state index contributed by atoms with van der Waals surface area (Å²) in [4.78, 5) is -0.244. The molecule has 0 heterocycles. The molecule has 0 aliphatic heterocycles. The Morgan fingerprint density at radius 2 is 1.87 bits per heavy atom. The van der Waals surface area contributed by atoms with Crippen LogP contribution in [-0.2, 0) is 9.84 Å². The van der Waals surface area contributed by atoms with Crippen LogP contribution in [0.25, 0.3) is 0 Å². The van der Waals surface area contributed by atoms with Gasteiger partial charge < -0.3 is 5.73 Å². The molecular formula is C9H11F2NO2S. The zero-order valence-electron chi connectivity index (χ0n) is 8.07. The predicted octanol–water partition coefficient (Wildman–Crippen LogP) is 1.70. The van der Waals surface area contributed by atoms with E-state index in [0.29, 0.717) is 6.92 Å². The molecule has 1 aromatic rings. The lowest BCUT2D eigenvalue weighted by atomic mass is 10.3. The number of rotatable bonds is 3. The van der Waals surface area contributed by atoms with Gasteiger partial charge in [-0.15, -0.1) is 0 Å². The average Bonchev–Trinajstić information content (AvgIpc) is 1.99. The van der Waals surface area contributed by atoms with Crippen LogP contribution in [0.1, 0.15) is 6.92 Å². The van der Waals surface area contributed by atoms with E-state index in [0.717, 1.165) is 0 Å². The van der Waals surface area contributed by atoms with Crippen molar-refractivity contribution < 1.29 is 17.2 Å². The Hall–Kier alpha value is -1.17. The third-order valence-electron chi connectivity index (χ3n) is 1.70. The topological polar surface area (TPSA) is 60.2 Å². The summed E-state index contributed by atoms with van der Waals surface area (Å²) in [6.07, 6.45) is 0. The summed E-state index contributed by atoms with van der Waals surface area (Å²) < 4.78 is 48.2. The van der Waals surface area contributed by atoms with Crippen LogP contribution in [0, 0.1) is 0 Å². The predicted molar refractivity (Wildman–Crippen MR) is 53.5 cm³/mol. The number of nitrogen functional groups attached to an aromatic ring is 1. The first-order valence-electron chi connectivity index (χ1n) is 4.17. The monoisotopic (exact) mass is 235 g/mol. The van der Waals surface area contributed by atoms with E-state index in [1.807, 2.05) is 0 Å². The van der Waals surface area contributed by atoms with Crippen LogP contribution in [0.15, 0.2) is 29.2 Å². The molecule has 1 aromatic carbocycles. The minimum absolute atomic E-state index is 0.0123. The average molecular weight is 235 g/mol. The number of sulfone groups is 1. The van der Waals surface area contributed by atoms with E-state index in [-0.39, 0.29) is 10.6 Å². The highest BCUT2D eigenvalue weighted by Crippen LogP contribution is 2.24. The molecule has 0 saturated carbocycles. The Morgan fingerprint density at radius 3 is 2.33 bits per heavy atom. The number of hydrogen-bond donors (Lipinski definition) is 1. The first-order valence-corrected chi connectivity index (χ1v) is 5.83. The number of halogens is 2. The quantitative estimate of drug-likeness (QED) is 0.811. The SMILES string of the molecule is CC(F)(F)CS(=O)(=O)c1ccccc1N. The van der Waals surface area contributed by atoms with Crippen molar-refractivity contribution in [2.45, 2.75) is 17.7 Å². The maximum absolute atomic E-state index is 12.6. The molecule has 0 aromatic heterocycles. The van der Waals surface area contributed by atoms with Crippen LogP contribution in [0.3, 0.4) is 0 Å². The van der Waals surface area contributed by atoms with Gasteiger partial charge in [0.25, 0.3) is 5.92 Å². The van der Waals surface area contributed by atoms with Gasteiger partial charge in [0.2, 0.25) is 0 Å². The number of hydrogen-bond acceptors (Lipinski definition) is 3. The van der Waals surface area contributed by atoms with Crippen LogP contribution < -0.4 is 5.73 Å². The van der Waals surface area contributed by atoms with Gasteiger partial charge in [0.1, 0.15) is 5.75 Å². The summed E-state index contributed by atoms with van der Waals surface area (Å²) in [6.45, 7) is 0.559. The first kappa shape index (κ1) is 11.9. The van der Waals surface area contributed by atoms with Crippen molar-refractivity contribution in [2.75, 3.05) is 11.5 Å². The second-order valence-corrected chi connectivity index (χ2v) is 5.33. The summed E-state index contributed by atoms with van der Waals surface area (Å²) >= 11 is 0. The minimum atomic E-state index is -4.02. The Bertz CT molecular complexity index is 451. The van der Waals surface area contributed by atoms with Gasteiger partial charge in [-0.25, -0.2) is 17.2 Å². The molecule has 0 unspecified atom stereocenters. The molecule has 3 nitrogen and oxygen atoms in total. The number of nitrogens with two attached hydrogens (primary N) is 1. The third-order valence-corrected chi connectivity index (χ3v) is 3.63. The van der Waals surface area contributed by atoms with Gasteiger partial charge in [0, 0.05) is 6.92 Å². The fraction of sp³-hybridized carbons (Fsp3) is 0.333. The van der Waals surface area contributed by atoms with E-state index in [4.69, 9.17) is 5.73 Å². The Labute approximate surface area is 86.8 Å². The maximum atomic E-state index is 12.6. The van der Waals surface area contributed by atoms with E-state index in [1.165, 1.54) is 18.2 Å². The molecule has 1 rings (SSSR count). The van der Waals surface area contributed by atoms with Crippen molar-refractivity contribution in [3.05, 3.63) is 24.3 Å². The number of alkyl halides is 2. The van der Waals surface area contributed by atoms with Crippen LogP contribution in [0.2, 0.25) is 0 Å². The standard InChI is InChI=1S/C9H11F2NO2S/c1-9(10,11)6-15(13,14)8-5-3-2-4-7(8)12/h2-5H,6,12H2,1H3. The number of anilines is 1. The van der Waals surface area contributed by atoms with Gasteiger partial charge in [0.05, 0.1) is 10.6 Å². The van der Waals surface area contributed by atoms with Gasteiger partial charge in [-0.05, 0) is 12.1 Å². The van der Waals surface area contributed by atoms with E-state index >= 15 is 0 Å². The van der Waals surface area contributed by atoms with Crippen molar-refractivity contribution in [1.82, 2.24) is 0 Å². The van der Waals surface area contributed by atoms with Crippen LogP contribution in [0.5, 0.6) is 0 Å². The Kier molecular flexibility index (Phi) is 2.99. The van der Waals surface area contributed by atoms with Gasteiger partial charge in [0.15, 0.2) is 9.84 Å². The second-order valence-electron chi connectivity index (χ2n) is 3.37. The highest BCUT2D eigenvalue weighted by molar-refractivity contribution is 7.91. The first-order chi connectivity index (χ1) is 6.72. The fourth-order valence-corrected chi connectivity index (χ4v) is 2.71. The van der Waals surface area contributed by atoms with E-state index in [9.17, 15) is 17.2 Å². The minimum Gasteiger partial charge on any atom is -0.398 e. The largest absolute Gasteiger partial charge is 0.398 e. The molecule has 0 saturated heterocycles. The van der Waals surface area contributed by atoms with E-state index in [1.54, 1.807) is 6.07 Å². The lowest BCUT2D eigenvalue weighted by Crippen LogP contribution is -2.24. The summed E-state index contributed by atoms with van der Waals surface area (Å²) in [5, 5.41) is 0. The molecule has 0 atom stereocenters. The Balaban J connectivity index is 3.13. The molecule has 0 aliphatic rings. The van der Waals surface area contributed by atoms with Crippen LogP contribution in [0.4, 0.5) is 14.5 Å². The van der Waals surface area contributed by atoms with Gasteiger partial charge in [-0.1, -0.05) is 12.1 Å². The van der Waals surface area contributed by atoms with Crippen LogP contribution in [-0.4, -0.2) is 20.1 Å². The lowest BCUT2D eigenvalue weighted by molar-refractivity contribution is 0.0474. The zero-order valence-corrected chi connectivity index (χ0v) is 8.89. The highest BCUT2D eigenvalue weighted by Gasteiger charge is 2.31. The molecule has 0 amide bonds. The van der Waals surface area contributed by atoms with Crippen molar-refractivity contribution >= 4 is 15.5 Å². The lowest BCUT2D eigenvalue weighted by Gasteiger charge is -2.11. The molecule has 0 aliphatic carbocycles. The summed E-state index contributed by atoms with van der Waals surface area (Å²) in [5.41, 5.74) is 5.39. The fourth-order valence-electron chi connectivity index (χ4n) is 1.18. The third kappa shape index (κ3) is 3.16. The zero-order chi connectivity index (χ0) is 11.7. The molecule has 0 bridgehead atoms. The Morgan fingerprint density at radius 1 is 1.33 bits per heavy atom. The smallest absolute Gasteiger partial charge is 0.259 e. The molecule has 84 valence electrons. The van der Waals surface area contributed by atoms with Crippen LogP contribution >= 0.6 is 0 Å². The maximum Gasteiger partial charge on any atom is 0.259 e. The van der Waals surface area contributed by atoms with Gasteiger partial charge in [-0.2, -0.15) is 0 Å². The normalized spacial score (nSPS) is 12.7. The molecular weight excluding hydrogens is 224 g/mol. The molecule has 6 heteroatoms. The summed E-state index contributed by atoms with van der Waals surface area (Å²) in [5.74, 6) is -4.49. The molecule has 0 radical (unpaired) electrons. The highest BCUT2D eigenvalue weighted by atomic mass is 32.2. The van der Waals surface area contributed by atoms with Gasteiger partial charge in [-0.3, -0.25) is 0 Å². The number of benzene rings is 1. The molecule has 0 spiro atoms. The van der Waals surface area contributed by atoms with Gasteiger partial charge >= 0.3 is 0 Å². The summed E-state index contributed by atoms with van der Waals surface area (Å²) in [6, 6.07) is 5.56. The molecule has 2 N–H and O–H groups in total. The second kappa shape index (κ2) is 3.77. The molecule has 0 fully saturated rings. The van der Waals surface area contributed by atoms with Crippen molar-refractivity contribution in [1.29, 1.82) is 0 Å².